The van der Waals surface area contributed by atoms with Crippen molar-refractivity contribution in [1.82, 2.24) is 14.8 Å². The molecule has 152 valence electrons. The van der Waals surface area contributed by atoms with E-state index < -0.39 is 17.3 Å². The molecule has 2 aromatic heterocycles. The number of benzene rings is 2. The van der Waals surface area contributed by atoms with Gasteiger partial charge in [-0.3, -0.25) is 9.59 Å². The van der Waals surface area contributed by atoms with Gasteiger partial charge in [-0.2, -0.15) is 5.10 Å². The van der Waals surface area contributed by atoms with E-state index in [2.05, 4.69) is 15.4 Å². The summed E-state index contributed by atoms with van der Waals surface area (Å²) in [6, 6.07) is 11.8. The van der Waals surface area contributed by atoms with Gasteiger partial charge in [-0.1, -0.05) is 35.9 Å². The highest BCUT2D eigenvalue weighted by molar-refractivity contribution is 7.19. The summed E-state index contributed by atoms with van der Waals surface area (Å²) in [5.41, 5.74) is 3.48. The van der Waals surface area contributed by atoms with Crippen molar-refractivity contribution in [3.8, 4) is 11.3 Å². The molecular weight excluding hydrogens is 403 g/mol. The number of rotatable bonds is 4. The molecule has 0 bridgehead atoms. The standard InChI is InChI=1S/C22H19FN4O2S/c1-12-8-9-15(13(2)10-12)19-21-20(24-14(3)30-21)22(29)27(26-19)11-18(28)25-17-7-5-4-6-16(17)23/h4-10H,11H2,1-3H3,(H,25,28). The minimum Gasteiger partial charge on any atom is -0.322 e. The number of halogens is 1. The number of hydrogen-bond donors (Lipinski definition) is 1. The highest BCUT2D eigenvalue weighted by Gasteiger charge is 2.19. The Morgan fingerprint density at radius 3 is 2.67 bits per heavy atom. The third kappa shape index (κ3) is 3.73. The van der Waals surface area contributed by atoms with Gasteiger partial charge in [0, 0.05) is 5.56 Å². The molecule has 4 aromatic rings. The van der Waals surface area contributed by atoms with Gasteiger partial charge in [-0.25, -0.2) is 14.1 Å². The van der Waals surface area contributed by atoms with Crippen LogP contribution < -0.4 is 10.9 Å². The van der Waals surface area contributed by atoms with E-state index >= 15 is 0 Å². The Bertz CT molecular complexity index is 1340. The summed E-state index contributed by atoms with van der Waals surface area (Å²) in [7, 11) is 0. The molecule has 0 aliphatic rings. The van der Waals surface area contributed by atoms with E-state index in [9.17, 15) is 14.0 Å². The molecule has 0 aliphatic heterocycles. The molecule has 0 atom stereocenters. The first-order valence-corrected chi connectivity index (χ1v) is 10.2. The number of para-hydroxylation sites is 1. The number of carbonyl (C=O) groups is 1. The fourth-order valence-electron chi connectivity index (χ4n) is 3.32. The van der Waals surface area contributed by atoms with Crippen molar-refractivity contribution < 1.29 is 9.18 Å². The fraction of sp³-hybridized carbons (Fsp3) is 0.182. The lowest BCUT2D eigenvalue weighted by molar-refractivity contribution is -0.117. The Morgan fingerprint density at radius 2 is 1.93 bits per heavy atom. The second-order valence-electron chi connectivity index (χ2n) is 7.07. The van der Waals surface area contributed by atoms with E-state index in [4.69, 9.17) is 0 Å². The third-order valence-corrected chi connectivity index (χ3v) is 5.66. The van der Waals surface area contributed by atoms with E-state index in [0.717, 1.165) is 26.4 Å². The molecule has 0 fully saturated rings. The van der Waals surface area contributed by atoms with Gasteiger partial charge in [-0.05, 0) is 38.5 Å². The molecule has 1 amide bonds. The van der Waals surface area contributed by atoms with Crippen molar-refractivity contribution in [3.63, 3.8) is 0 Å². The lowest BCUT2D eigenvalue weighted by Crippen LogP contribution is -2.30. The monoisotopic (exact) mass is 422 g/mol. The molecule has 8 heteroatoms. The topological polar surface area (TPSA) is 76.9 Å². The van der Waals surface area contributed by atoms with Crippen LogP contribution in [0.5, 0.6) is 0 Å². The number of carbonyl (C=O) groups excluding carboxylic acids is 1. The van der Waals surface area contributed by atoms with Crippen LogP contribution in [-0.2, 0) is 11.3 Å². The zero-order valence-electron chi connectivity index (χ0n) is 16.7. The highest BCUT2D eigenvalue weighted by atomic mass is 32.1. The zero-order chi connectivity index (χ0) is 21.4. The molecule has 0 aliphatic carbocycles. The summed E-state index contributed by atoms with van der Waals surface area (Å²) < 4.78 is 15.6. The number of aryl methyl sites for hydroxylation is 3. The van der Waals surface area contributed by atoms with Crippen molar-refractivity contribution in [3.05, 3.63) is 74.8 Å². The van der Waals surface area contributed by atoms with E-state index in [1.807, 2.05) is 39.0 Å². The summed E-state index contributed by atoms with van der Waals surface area (Å²) in [6.07, 6.45) is 0. The van der Waals surface area contributed by atoms with Gasteiger partial charge in [0.2, 0.25) is 5.91 Å². The largest absolute Gasteiger partial charge is 0.322 e. The maximum atomic E-state index is 13.8. The molecule has 2 aromatic carbocycles. The summed E-state index contributed by atoms with van der Waals surface area (Å²) >= 11 is 1.40. The molecular formula is C22H19FN4O2S. The molecule has 2 heterocycles. The van der Waals surface area contributed by atoms with Crippen LogP contribution >= 0.6 is 11.3 Å². The Labute approximate surface area is 176 Å². The lowest BCUT2D eigenvalue weighted by Gasteiger charge is -2.11. The number of nitrogens with one attached hydrogen (secondary N) is 1. The normalized spacial score (nSPS) is 11.1. The molecule has 0 spiro atoms. The molecule has 30 heavy (non-hydrogen) atoms. The summed E-state index contributed by atoms with van der Waals surface area (Å²) in [5.74, 6) is -1.10. The van der Waals surface area contributed by atoms with Crippen LogP contribution in [0.1, 0.15) is 16.1 Å². The first kappa shape index (κ1) is 19.9. The Morgan fingerprint density at radius 1 is 1.17 bits per heavy atom. The van der Waals surface area contributed by atoms with Gasteiger partial charge in [-0.15, -0.1) is 11.3 Å². The summed E-state index contributed by atoms with van der Waals surface area (Å²) in [5, 5.41) is 7.72. The van der Waals surface area contributed by atoms with Crippen LogP contribution in [0.25, 0.3) is 21.5 Å². The summed E-state index contributed by atoms with van der Waals surface area (Å²) in [6.45, 7) is 5.46. The van der Waals surface area contributed by atoms with Crippen molar-refractivity contribution in [2.75, 3.05) is 5.32 Å². The number of aromatic nitrogens is 3. The van der Waals surface area contributed by atoms with Gasteiger partial charge in [0.25, 0.3) is 5.56 Å². The number of fused-ring (bicyclic) bond motifs is 1. The van der Waals surface area contributed by atoms with Gasteiger partial charge in [0.15, 0.2) is 5.52 Å². The van der Waals surface area contributed by atoms with Gasteiger partial charge in [0.1, 0.15) is 18.1 Å². The smallest absolute Gasteiger partial charge is 0.294 e. The molecule has 4 rings (SSSR count). The van der Waals surface area contributed by atoms with E-state index in [0.29, 0.717) is 10.4 Å². The SMILES string of the molecule is Cc1ccc(-c2nn(CC(=O)Nc3ccccc3F)c(=O)c3nc(C)sc23)c(C)c1. The Kier molecular flexibility index (Phi) is 5.17. The quantitative estimate of drug-likeness (QED) is 0.534. The van der Waals surface area contributed by atoms with Crippen LogP contribution in [0.3, 0.4) is 0 Å². The van der Waals surface area contributed by atoms with Crippen LogP contribution in [0.15, 0.2) is 47.3 Å². The average Bonchev–Trinajstić information content (AvgIpc) is 3.08. The van der Waals surface area contributed by atoms with Crippen molar-refractivity contribution >= 4 is 33.1 Å². The molecule has 0 radical (unpaired) electrons. The second kappa shape index (κ2) is 7.79. The number of anilines is 1. The van der Waals surface area contributed by atoms with Gasteiger partial charge < -0.3 is 5.32 Å². The maximum Gasteiger partial charge on any atom is 0.294 e. The molecule has 6 nitrogen and oxygen atoms in total. The minimum atomic E-state index is -0.549. The van der Waals surface area contributed by atoms with Crippen LogP contribution in [0, 0.1) is 26.6 Å². The molecule has 0 saturated carbocycles. The maximum absolute atomic E-state index is 13.8. The first-order chi connectivity index (χ1) is 14.3. The second-order valence-corrected chi connectivity index (χ2v) is 8.27. The molecule has 1 N–H and O–H groups in total. The third-order valence-electron chi connectivity index (χ3n) is 4.69. The fourth-order valence-corrected chi connectivity index (χ4v) is 4.23. The van der Waals surface area contributed by atoms with Crippen molar-refractivity contribution in [1.29, 1.82) is 0 Å². The highest BCUT2D eigenvalue weighted by Crippen LogP contribution is 2.31. The predicted octanol–water partition coefficient (Wildman–Crippen LogP) is 4.22. The van der Waals surface area contributed by atoms with E-state index in [-0.39, 0.29) is 17.7 Å². The van der Waals surface area contributed by atoms with Crippen molar-refractivity contribution in [2.24, 2.45) is 0 Å². The number of hydrogen-bond acceptors (Lipinski definition) is 5. The van der Waals surface area contributed by atoms with Gasteiger partial charge >= 0.3 is 0 Å². The molecule has 0 unspecified atom stereocenters. The lowest BCUT2D eigenvalue weighted by atomic mass is 10.0. The van der Waals surface area contributed by atoms with E-state index in [1.165, 1.54) is 29.5 Å². The number of thiazole rings is 1. The van der Waals surface area contributed by atoms with E-state index in [1.54, 1.807) is 6.07 Å². The van der Waals surface area contributed by atoms with Crippen LogP contribution in [-0.4, -0.2) is 20.7 Å². The van der Waals surface area contributed by atoms with Crippen LogP contribution in [0.4, 0.5) is 10.1 Å². The summed E-state index contributed by atoms with van der Waals surface area (Å²) in [4.78, 5) is 29.8. The van der Waals surface area contributed by atoms with Crippen LogP contribution in [0.2, 0.25) is 0 Å². The zero-order valence-corrected chi connectivity index (χ0v) is 17.5. The predicted molar refractivity (Wildman–Crippen MR) is 116 cm³/mol. The van der Waals surface area contributed by atoms with Gasteiger partial charge in [0.05, 0.1) is 15.4 Å². The Balaban J connectivity index is 1.79. The number of nitrogens with zero attached hydrogens (tertiary/aromatic N) is 3. The average molecular weight is 422 g/mol. The number of amides is 1. The first-order valence-electron chi connectivity index (χ1n) is 9.34. The minimum absolute atomic E-state index is 0.0516. The Hall–Kier alpha value is -3.39. The van der Waals surface area contributed by atoms with Crippen molar-refractivity contribution in [2.45, 2.75) is 27.3 Å². The molecule has 0 saturated heterocycles.